The van der Waals surface area contributed by atoms with Crippen molar-refractivity contribution >= 4 is 11.8 Å². The molecular formula is C22H28O4S. The van der Waals surface area contributed by atoms with E-state index in [9.17, 15) is 10.2 Å². The van der Waals surface area contributed by atoms with Gasteiger partial charge in [0.05, 0.1) is 25.4 Å². The first-order valence-corrected chi connectivity index (χ1v) is 10.3. The summed E-state index contributed by atoms with van der Waals surface area (Å²) in [6, 6.07) is 20.2. The van der Waals surface area contributed by atoms with Gasteiger partial charge in [-0.25, -0.2) is 0 Å². The molecule has 1 fully saturated rings. The summed E-state index contributed by atoms with van der Waals surface area (Å²) < 4.78 is 12.6. The highest BCUT2D eigenvalue weighted by Crippen LogP contribution is 2.41. The van der Waals surface area contributed by atoms with Gasteiger partial charge in [-0.3, -0.25) is 0 Å². The third-order valence-electron chi connectivity index (χ3n) is 5.27. The zero-order valence-electron chi connectivity index (χ0n) is 15.8. The maximum Gasteiger partial charge on any atom is 0.134 e. The Kier molecular flexibility index (Phi) is 7.33. The zero-order valence-corrected chi connectivity index (χ0v) is 16.6. The summed E-state index contributed by atoms with van der Waals surface area (Å²) in [4.78, 5) is 1.09. The molecule has 2 unspecified atom stereocenters. The van der Waals surface area contributed by atoms with Crippen molar-refractivity contribution in [3.8, 4) is 0 Å². The smallest absolute Gasteiger partial charge is 0.134 e. The van der Waals surface area contributed by atoms with E-state index in [1.807, 2.05) is 48.5 Å². The van der Waals surface area contributed by atoms with Crippen molar-refractivity contribution in [3.05, 3.63) is 66.2 Å². The summed E-state index contributed by atoms with van der Waals surface area (Å²) in [5.41, 5.74) is 0.867. The molecule has 5 heteroatoms. The predicted octanol–water partition coefficient (Wildman–Crippen LogP) is 3.71. The topological polar surface area (TPSA) is 58.9 Å². The SMILES string of the molecule is C[C@@H]1C([C@H](O)CO)O[C@H](Sc2ccccc2)C(OCc2ccccc2)[C@H]1C. The van der Waals surface area contributed by atoms with Crippen LogP contribution in [0.15, 0.2) is 65.6 Å². The van der Waals surface area contributed by atoms with Crippen molar-refractivity contribution in [2.45, 2.75) is 49.1 Å². The maximum absolute atomic E-state index is 10.2. The quantitative estimate of drug-likeness (QED) is 0.757. The summed E-state index contributed by atoms with van der Waals surface area (Å²) in [5, 5.41) is 19.6. The normalized spacial score (nSPS) is 29.4. The number of hydrogen-bond donors (Lipinski definition) is 2. The number of aliphatic hydroxyl groups excluding tert-OH is 2. The van der Waals surface area contributed by atoms with Gasteiger partial charge in [0.2, 0.25) is 0 Å². The Balaban J connectivity index is 1.78. The van der Waals surface area contributed by atoms with Crippen molar-refractivity contribution in [3.63, 3.8) is 0 Å². The first-order chi connectivity index (χ1) is 13.1. The highest BCUT2D eigenvalue weighted by atomic mass is 32.2. The molecule has 0 saturated carbocycles. The average molecular weight is 389 g/mol. The van der Waals surface area contributed by atoms with Gasteiger partial charge in [0.1, 0.15) is 11.5 Å². The van der Waals surface area contributed by atoms with Gasteiger partial charge in [0.15, 0.2) is 0 Å². The monoisotopic (exact) mass is 388 g/mol. The van der Waals surface area contributed by atoms with Crippen LogP contribution in [0, 0.1) is 11.8 Å². The third kappa shape index (κ3) is 5.12. The molecule has 146 valence electrons. The number of rotatable bonds is 7. The predicted molar refractivity (Wildman–Crippen MR) is 107 cm³/mol. The van der Waals surface area contributed by atoms with Gasteiger partial charge in [0, 0.05) is 4.90 Å². The van der Waals surface area contributed by atoms with Crippen LogP contribution in [0.25, 0.3) is 0 Å². The van der Waals surface area contributed by atoms with E-state index < -0.39 is 12.2 Å². The van der Waals surface area contributed by atoms with E-state index >= 15 is 0 Å². The van der Waals surface area contributed by atoms with Crippen molar-refractivity contribution in [2.24, 2.45) is 11.8 Å². The lowest BCUT2D eigenvalue weighted by molar-refractivity contribution is -0.190. The minimum absolute atomic E-state index is 0.0700. The van der Waals surface area contributed by atoms with E-state index in [0.29, 0.717) is 6.61 Å². The minimum atomic E-state index is -0.892. The summed E-state index contributed by atoms with van der Waals surface area (Å²) in [5.74, 6) is 0.246. The maximum atomic E-state index is 10.2. The molecule has 6 atom stereocenters. The second-order valence-electron chi connectivity index (χ2n) is 7.13. The van der Waals surface area contributed by atoms with E-state index in [2.05, 4.69) is 26.0 Å². The van der Waals surface area contributed by atoms with Gasteiger partial charge in [-0.1, -0.05) is 74.1 Å². The Morgan fingerprint density at radius 1 is 1.00 bits per heavy atom. The lowest BCUT2D eigenvalue weighted by Gasteiger charge is -2.45. The summed E-state index contributed by atoms with van der Waals surface area (Å²) in [6.07, 6.45) is -1.42. The van der Waals surface area contributed by atoms with Crippen molar-refractivity contribution in [1.29, 1.82) is 0 Å². The Bertz CT molecular complexity index is 681. The van der Waals surface area contributed by atoms with Gasteiger partial charge in [-0.15, -0.1) is 0 Å². The standard InChI is InChI=1S/C22H28O4S/c1-15-16(2)21(25-14-17-9-5-3-6-10-17)22(26-20(15)19(24)13-23)27-18-11-7-4-8-12-18/h3-12,15-16,19-24H,13-14H2,1-2H3/t15-,16-,19+,20?,21?,22+/m0/s1. The fourth-order valence-corrected chi connectivity index (χ4v) is 4.70. The van der Waals surface area contributed by atoms with E-state index in [1.54, 1.807) is 11.8 Å². The molecule has 2 aromatic carbocycles. The van der Waals surface area contributed by atoms with E-state index in [4.69, 9.17) is 9.47 Å². The minimum Gasteiger partial charge on any atom is -0.394 e. The van der Waals surface area contributed by atoms with Gasteiger partial charge in [-0.05, 0) is 29.5 Å². The Labute approximate surface area is 165 Å². The summed E-state index contributed by atoms with van der Waals surface area (Å²) >= 11 is 1.61. The molecule has 0 radical (unpaired) electrons. The number of ether oxygens (including phenoxy) is 2. The first kappa shape index (κ1) is 20.4. The molecule has 1 aliphatic heterocycles. The summed E-state index contributed by atoms with van der Waals surface area (Å²) in [7, 11) is 0. The largest absolute Gasteiger partial charge is 0.394 e. The lowest BCUT2D eigenvalue weighted by Crippen LogP contribution is -2.53. The molecule has 1 aliphatic rings. The highest BCUT2D eigenvalue weighted by molar-refractivity contribution is 7.99. The molecule has 2 aromatic rings. The van der Waals surface area contributed by atoms with Crippen molar-refractivity contribution in [1.82, 2.24) is 0 Å². The fourth-order valence-electron chi connectivity index (χ4n) is 3.47. The van der Waals surface area contributed by atoms with Gasteiger partial charge in [-0.2, -0.15) is 0 Å². The highest BCUT2D eigenvalue weighted by Gasteiger charge is 2.45. The van der Waals surface area contributed by atoms with Crippen LogP contribution in [0.1, 0.15) is 19.4 Å². The molecular weight excluding hydrogens is 360 g/mol. The number of hydrogen-bond acceptors (Lipinski definition) is 5. The van der Waals surface area contributed by atoms with Crippen LogP contribution in [0.4, 0.5) is 0 Å². The molecule has 0 spiro atoms. The molecule has 27 heavy (non-hydrogen) atoms. The molecule has 3 rings (SSSR count). The van der Waals surface area contributed by atoms with Crippen molar-refractivity contribution in [2.75, 3.05) is 6.61 Å². The molecule has 0 aromatic heterocycles. The van der Waals surface area contributed by atoms with Crippen molar-refractivity contribution < 1.29 is 19.7 Å². The van der Waals surface area contributed by atoms with Crippen LogP contribution >= 0.6 is 11.8 Å². The Morgan fingerprint density at radius 2 is 1.63 bits per heavy atom. The third-order valence-corrected chi connectivity index (χ3v) is 6.43. The summed E-state index contributed by atoms with van der Waals surface area (Å²) in [6.45, 7) is 4.40. The average Bonchev–Trinajstić information content (AvgIpc) is 2.71. The molecule has 0 aliphatic carbocycles. The zero-order chi connectivity index (χ0) is 19.2. The molecule has 0 bridgehead atoms. The molecule has 4 nitrogen and oxygen atoms in total. The molecule has 1 heterocycles. The molecule has 0 amide bonds. The van der Waals surface area contributed by atoms with Crippen LogP contribution < -0.4 is 0 Å². The van der Waals surface area contributed by atoms with Gasteiger partial charge >= 0.3 is 0 Å². The molecule has 2 N–H and O–H groups in total. The Hall–Kier alpha value is -1.37. The second kappa shape index (κ2) is 9.71. The Morgan fingerprint density at radius 3 is 2.26 bits per heavy atom. The van der Waals surface area contributed by atoms with E-state index in [1.165, 1.54) is 0 Å². The van der Waals surface area contributed by atoms with Crippen LogP contribution in [-0.2, 0) is 16.1 Å². The van der Waals surface area contributed by atoms with E-state index in [0.717, 1.165) is 10.5 Å². The van der Waals surface area contributed by atoms with Crippen LogP contribution in [0.2, 0.25) is 0 Å². The first-order valence-electron chi connectivity index (χ1n) is 9.41. The van der Waals surface area contributed by atoms with Gasteiger partial charge < -0.3 is 19.7 Å². The fraction of sp³-hybridized carbons (Fsp3) is 0.455. The van der Waals surface area contributed by atoms with Crippen LogP contribution in [0.5, 0.6) is 0 Å². The number of thioether (sulfide) groups is 1. The van der Waals surface area contributed by atoms with E-state index in [-0.39, 0.29) is 30.0 Å². The number of benzene rings is 2. The van der Waals surface area contributed by atoms with Crippen LogP contribution in [0.3, 0.4) is 0 Å². The number of aliphatic hydroxyl groups is 2. The van der Waals surface area contributed by atoms with Crippen LogP contribution in [-0.4, -0.2) is 40.6 Å². The van der Waals surface area contributed by atoms with Gasteiger partial charge in [0.25, 0.3) is 0 Å². The second-order valence-corrected chi connectivity index (χ2v) is 8.30. The molecule has 1 saturated heterocycles. The lowest BCUT2D eigenvalue weighted by atomic mass is 9.82.